The number of carboxylic acids is 1. The quantitative estimate of drug-likeness (QED) is 0.219. The van der Waals surface area contributed by atoms with Gasteiger partial charge in [-0.2, -0.15) is 0 Å². The van der Waals surface area contributed by atoms with Crippen LogP contribution < -0.4 is 28.7 Å². The molecule has 10 nitrogen and oxygen atoms in total. The van der Waals surface area contributed by atoms with Gasteiger partial charge in [0.05, 0.1) is 32.2 Å². The maximum atomic E-state index is 13.8. The van der Waals surface area contributed by atoms with Crippen molar-refractivity contribution in [1.29, 1.82) is 0 Å². The number of anilines is 2. The summed E-state index contributed by atoms with van der Waals surface area (Å²) in [4.78, 5) is 41.1. The molecule has 0 aliphatic carbocycles. The van der Waals surface area contributed by atoms with Gasteiger partial charge in [-0.1, -0.05) is 6.07 Å². The third-order valence-electron chi connectivity index (χ3n) is 5.84. The number of carbonyl (C=O) groups excluding carboxylic acids is 2. The Morgan fingerprint density at radius 1 is 0.825 bits per heavy atom. The average molecular weight is 563 g/mol. The summed E-state index contributed by atoms with van der Waals surface area (Å²) in [6.45, 7) is 1.50. The number of carbonyl (C=O) groups is 3. The van der Waals surface area contributed by atoms with Gasteiger partial charge in [-0.15, -0.1) is 0 Å². The number of aliphatic carboxylic acids is 1. The van der Waals surface area contributed by atoms with Gasteiger partial charge in [0.25, 0.3) is 11.8 Å². The second kappa shape index (κ2) is 12.3. The van der Waals surface area contributed by atoms with Crippen LogP contribution in [0.25, 0.3) is 6.08 Å². The van der Waals surface area contributed by atoms with Gasteiger partial charge in [0.15, 0.2) is 23.2 Å². The van der Waals surface area contributed by atoms with Crippen molar-refractivity contribution in [1.82, 2.24) is 0 Å². The Morgan fingerprint density at radius 3 is 1.80 bits per heavy atom. The predicted molar refractivity (Wildman–Crippen MR) is 152 cm³/mol. The molecule has 1 fully saturated rings. The molecule has 0 aromatic heterocycles. The van der Waals surface area contributed by atoms with Crippen LogP contribution in [0, 0.1) is 0 Å². The molecule has 0 bridgehead atoms. The zero-order valence-electron chi connectivity index (χ0n) is 22.0. The van der Waals surface area contributed by atoms with Crippen molar-refractivity contribution in [3.63, 3.8) is 0 Å². The zero-order chi connectivity index (χ0) is 28.8. The fourth-order valence-corrected chi connectivity index (χ4v) is 4.33. The third-order valence-corrected chi connectivity index (χ3v) is 6.21. The maximum absolute atomic E-state index is 13.8. The van der Waals surface area contributed by atoms with Crippen molar-refractivity contribution >= 4 is 52.6 Å². The lowest BCUT2D eigenvalue weighted by atomic mass is 10.0. The van der Waals surface area contributed by atoms with Crippen molar-refractivity contribution in [3.05, 3.63) is 77.9 Å². The van der Waals surface area contributed by atoms with E-state index in [2.05, 4.69) is 0 Å². The van der Waals surface area contributed by atoms with Crippen LogP contribution in [0.3, 0.4) is 0 Å². The molecule has 1 aliphatic rings. The maximum Gasteiger partial charge on any atom is 0.341 e. The highest BCUT2D eigenvalue weighted by Gasteiger charge is 2.41. The van der Waals surface area contributed by atoms with Gasteiger partial charge in [0.2, 0.25) is 0 Å². The highest BCUT2D eigenvalue weighted by atomic mass is 32.1. The highest BCUT2D eigenvalue weighted by molar-refractivity contribution is 7.81. The molecule has 0 radical (unpaired) electrons. The summed E-state index contributed by atoms with van der Waals surface area (Å²) in [6.07, 6.45) is 1.43. The lowest BCUT2D eigenvalue weighted by molar-refractivity contribution is -0.139. The number of hydrogen-bond acceptors (Lipinski definition) is 8. The molecule has 1 aliphatic heterocycles. The van der Waals surface area contributed by atoms with Crippen LogP contribution >= 0.6 is 12.2 Å². The summed E-state index contributed by atoms with van der Waals surface area (Å²) < 4.78 is 21.4. The van der Waals surface area contributed by atoms with Crippen LogP contribution in [0.1, 0.15) is 12.5 Å². The summed E-state index contributed by atoms with van der Waals surface area (Å²) in [5, 5.41) is 8.94. The van der Waals surface area contributed by atoms with Crippen molar-refractivity contribution in [2.45, 2.75) is 6.92 Å². The summed E-state index contributed by atoms with van der Waals surface area (Å²) in [6, 6.07) is 18.1. The molecule has 1 N–H and O–H groups in total. The number of nitrogens with zero attached hydrogens (tertiary/aromatic N) is 2. The first-order valence-electron chi connectivity index (χ1n) is 12.1. The number of thiocarbonyl (C=S) groups is 1. The minimum Gasteiger partial charge on any atom is -0.497 e. The second-order valence-electron chi connectivity index (χ2n) is 8.34. The fourth-order valence-electron chi connectivity index (χ4n) is 3.96. The van der Waals surface area contributed by atoms with Crippen LogP contribution in [-0.2, 0) is 14.4 Å². The van der Waals surface area contributed by atoms with Crippen molar-refractivity contribution < 1.29 is 38.4 Å². The smallest absolute Gasteiger partial charge is 0.341 e. The molecule has 206 valence electrons. The van der Waals surface area contributed by atoms with Crippen LogP contribution in [0.15, 0.2) is 72.3 Å². The first-order chi connectivity index (χ1) is 19.3. The minimum atomic E-state index is -1.14. The first-order valence-corrected chi connectivity index (χ1v) is 12.5. The topological polar surface area (TPSA) is 115 Å². The number of carboxylic acid groups (broad SMARTS) is 1. The molecular weight excluding hydrogens is 536 g/mol. The van der Waals surface area contributed by atoms with E-state index < -0.39 is 24.4 Å². The fraction of sp³-hybridized carbons (Fsp3) is 0.172. The summed E-state index contributed by atoms with van der Waals surface area (Å²) >= 11 is 5.67. The van der Waals surface area contributed by atoms with E-state index >= 15 is 0 Å². The molecule has 0 atom stereocenters. The van der Waals surface area contributed by atoms with Gasteiger partial charge in [0, 0.05) is 0 Å². The molecular formula is C29H26N2O8S. The highest BCUT2D eigenvalue weighted by Crippen LogP contribution is 2.33. The Labute approximate surface area is 235 Å². The van der Waals surface area contributed by atoms with Gasteiger partial charge >= 0.3 is 5.97 Å². The number of hydrogen-bond donors (Lipinski definition) is 1. The number of benzene rings is 3. The Kier molecular flexibility index (Phi) is 8.65. The second-order valence-corrected chi connectivity index (χ2v) is 8.70. The minimum absolute atomic E-state index is 0.0186. The summed E-state index contributed by atoms with van der Waals surface area (Å²) in [5.41, 5.74) is 1.20. The Hall–Kier alpha value is -4.90. The van der Waals surface area contributed by atoms with E-state index in [0.29, 0.717) is 28.4 Å². The van der Waals surface area contributed by atoms with E-state index in [0.717, 1.165) is 0 Å². The molecule has 3 aromatic carbocycles. The molecule has 40 heavy (non-hydrogen) atoms. The molecule has 0 unspecified atom stereocenters. The Balaban J connectivity index is 1.80. The van der Waals surface area contributed by atoms with E-state index in [1.807, 2.05) is 0 Å². The largest absolute Gasteiger partial charge is 0.497 e. The van der Waals surface area contributed by atoms with Crippen LogP contribution in [0.5, 0.6) is 23.0 Å². The van der Waals surface area contributed by atoms with Gasteiger partial charge in [-0.3, -0.25) is 19.4 Å². The lowest BCUT2D eigenvalue weighted by Crippen LogP contribution is -2.56. The van der Waals surface area contributed by atoms with Crippen LogP contribution in [-0.4, -0.2) is 55.4 Å². The molecule has 4 rings (SSSR count). The van der Waals surface area contributed by atoms with Gasteiger partial charge < -0.3 is 24.1 Å². The predicted octanol–water partition coefficient (Wildman–Crippen LogP) is 4.31. The number of methoxy groups -OCH3 is 2. The molecule has 0 saturated carbocycles. The Morgan fingerprint density at radius 2 is 1.35 bits per heavy atom. The van der Waals surface area contributed by atoms with Gasteiger partial charge in [-0.05, 0) is 91.4 Å². The molecule has 11 heteroatoms. The Bertz CT molecular complexity index is 1400. The monoisotopic (exact) mass is 562 g/mol. The van der Waals surface area contributed by atoms with Crippen molar-refractivity contribution in [2.24, 2.45) is 0 Å². The van der Waals surface area contributed by atoms with E-state index in [4.69, 9.17) is 36.3 Å². The SMILES string of the molecule is CCOc1cc(C=C2C(=O)N(c3ccc(OC)cc3)C(=S)N(c3ccc(OC)cc3)C2=O)ccc1OCC(=O)O. The van der Waals surface area contributed by atoms with Gasteiger partial charge in [-0.25, -0.2) is 4.79 Å². The van der Waals surface area contributed by atoms with E-state index in [-0.39, 0.29) is 28.8 Å². The molecule has 0 spiro atoms. The number of amides is 2. The van der Waals surface area contributed by atoms with Crippen molar-refractivity contribution in [3.8, 4) is 23.0 Å². The normalized spacial score (nSPS) is 13.3. The summed E-state index contributed by atoms with van der Waals surface area (Å²) in [7, 11) is 3.07. The molecule has 3 aromatic rings. The van der Waals surface area contributed by atoms with Crippen molar-refractivity contribution in [2.75, 3.05) is 37.2 Å². The van der Waals surface area contributed by atoms with E-state index in [9.17, 15) is 14.4 Å². The zero-order valence-corrected chi connectivity index (χ0v) is 22.8. The summed E-state index contributed by atoms with van der Waals surface area (Å²) in [5.74, 6) is -0.710. The average Bonchev–Trinajstić information content (AvgIpc) is 2.95. The number of rotatable bonds is 10. The molecule has 2 amide bonds. The standard InChI is InChI=1S/C29H26N2O8S/c1-4-38-25-16-18(5-14-24(25)39-17-26(32)33)15-23-27(34)30(19-6-10-21(36-2)11-7-19)29(40)31(28(23)35)20-8-12-22(37-3)13-9-20/h5-16H,4,17H2,1-3H3,(H,32,33). The van der Waals surface area contributed by atoms with Crippen LogP contribution in [0.2, 0.25) is 0 Å². The third kappa shape index (κ3) is 5.89. The van der Waals surface area contributed by atoms with E-state index in [1.54, 1.807) is 67.6 Å². The van der Waals surface area contributed by atoms with Crippen LogP contribution in [0.4, 0.5) is 11.4 Å². The number of ether oxygens (including phenoxy) is 4. The van der Waals surface area contributed by atoms with E-state index in [1.165, 1.54) is 36.2 Å². The lowest BCUT2D eigenvalue weighted by Gasteiger charge is -2.36. The first kappa shape index (κ1) is 28.1. The molecule has 1 heterocycles. The van der Waals surface area contributed by atoms with Gasteiger partial charge in [0.1, 0.15) is 17.1 Å². The molecule has 1 saturated heterocycles.